The average Bonchev–Trinajstić information content (AvgIpc) is 2.08. The van der Waals surface area contributed by atoms with Crippen LogP contribution >= 0.6 is 11.6 Å². The topological polar surface area (TPSA) is 29.4 Å². The number of halogens is 1. The summed E-state index contributed by atoms with van der Waals surface area (Å²) in [6, 6.07) is 5.46. The molecule has 0 heterocycles. The lowest BCUT2D eigenvalue weighted by molar-refractivity contribution is 0.565. The Morgan fingerprint density at radius 3 is 2.62 bits per heavy atom. The Morgan fingerprint density at radius 2 is 2.15 bits per heavy atom. The first-order chi connectivity index (χ1) is 6.15. The first kappa shape index (κ1) is 9.97. The maximum absolute atomic E-state index is 9.99. The van der Waals surface area contributed by atoms with Gasteiger partial charge in [-0.15, -0.1) is 0 Å². The highest BCUT2D eigenvalue weighted by molar-refractivity contribution is 6.33. The van der Waals surface area contributed by atoms with Gasteiger partial charge < -0.3 is 0 Å². The largest absolute Gasteiger partial charge is 0.240 e. The zero-order chi connectivity index (χ0) is 9.84. The van der Waals surface area contributed by atoms with E-state index in [4.69, 9.17) is 11.6 Å². The monoisotopic (exact) mass is 195 g/mol. The van der Waals surface area contributed by atoms with Crippen LogP contribution < -0.4 is 0 Å². The Balaban J connectivity index is 3.12. The van der Waals surface area contributed by atoms with Crippen molar-refractivity contribution in [3.8, 4) is 0 Å². The second-order valence-corrected chi connectivity index (χ2v) is 3.48. The van der Waals surface area contributed by atoms with Crippen LogP contribution in [0.1, 0.15) is 25.3 Å². The number of aliphatic imine (C=N–C) groups is 1. The number of rotatable bonds is 2. The summed E-state index contributed by atoms with van der Waals surface area (Å²) in [5, 5.41) is 0.495. The van der Waals surface area contributed by atoms with E-state index in [1.165, 1.54) is 6.08 Å². The van der Waals surface area contributed by atoms with Gasteiger partial charge in [0.15, 0.2) is 0 Å². The predicted octanol–water partition coefficient (Wildman–Crippen LogP) is 3.43. The van der Waals surface area contributed by atoms with Crippen LogP contribution in [-0.4, -0.2) is 6.08 Å². The summed E-state index contributed by atoms with van der Waals surface area (Å²) in [5.41, 5.74) is 1.61. The van der Waals surface area contributed by atoms with Crippen LogP contribution in [0.3, 0.4) is 0 Å². The molecule has 1 aromatic carbocycles. The van der Waals surface area contributed by atoms with Crippen LogP contribution in [0.25, 0.3) is 0 Å². The summed E-state index contributed by atoms with van der Waals surface area (Å²) < 4.78 is 0. The Kier molecular flexibility index (Phi) is 3.24. The summed E-state index contributed by atoms with van der Waals surface area (Å²) in [7, 11) is 0. The van der Waals surface area contributed by atoms with Crippen LogP contribution in [0.5, 0.6) is 0 Å². The van der Waals surface area contributed by atoms with Crippen molar-refractivity contribution in [3.05, 3.63) is 28.8 Å². The fraction of sp³-hybridized carbons (Fsp3) is 0.300. The van der Waals surface area contributed by atoms with Gasteiger partial charge in [-0.2, -0.15) is 4.99 Å². The van der Waals surface area contributed by atoms with Gasteiger partial charge in [-0.3, -0.25) is 0 Å². The molecule has 0 spiro atoms. The molecule has 1 rings (SSSR count). The van der Waals surface area contributed by atoms with Gasteiger partial charge in [-0.25, -0.2) is 4.79 Å². The van der Waals surface area contributed by atoms with E-state index in [9.17, 15) is 4.79 Å². The minimum absolute atomic E-state index is 0.423. The number of nitrogens with zero attached hydrogens (tertiary/aromatic N) is 1. The van der Waals surface area contributed by atoms with E-state index in [2.05, 4.69) is 18.8 Å². The van der Waals surface area contributed by atoms with Crippen molar-refractivity contribution in [2.24, 2.45) is 4.99 Å². The van der Waals surface area contributed by atoms with Gasteiger partial charge in [0.25, 0.3) is 0 Å². The van der Waals surface area contributed by atoms with Crippen LogP contribution in [0.2, 0.25) is 5.02 Å². The normalized spacial score (nSPS) is 9.85. The molecule has 0 aliphatic heterocycles. The summed E-state index contributed by atoms with van der Waals surface area (Å²) in [5.74, 6) is 0.423. The molecule has 0 unspecified atom stereocenters. The molecule has 0 saturated heterocycles. The molecule has 68 valence electrons. The first-order valence-corrected chi connectivity index (χ1v) is 4.40. The molecule has 13 heavy (non-hydrogen) atoms. The SMILES string of the molecule is CC(C)c1ccc(N=C=O)c(Cl)c1. The van der Waals surface area contributed by atoms with Crippen molar-refractivity contribution in [1.29, 1.82) is 0 Å². The number of hydrogen-bond acceptors (Lipinski definition) is 2. The molecular weight excluding hydrogens is 186 g/mol. The molecule has 0 aromatic heterocycles. The minimum atomic E-state index is 0.423. The van der Waals surface area contributed by atoms with Crippen molar-refractivity contribution in [2.45, 2.75) is 19.8 Å². The van der Waals surface area contributed by atoms with Gasteiger partial charge in [0, 0.05) is 0 Å². The number of benzene rings is 1. The summed E-state index contributed by atoms with van der Waals surface area (Å²) in [6.07, 6.45) is 1.46. The maximum atomic E-state index is 9.99. The van der Waals surface area contributed by atoms with E-state index < -0.39 is 0 Å². The van der Waals surface area contributed by atoms with Crippen LogP contribution in [0, 0.1) is 0 Å². The van der Waals surface area contributed by atoms with Gasteiger partial charge >= 0.3 is 0 Å². The Labute approximate surface area is 82.3 Å². The van der Waals surface area contributed by atoms with E-state index >= 15 is 0 Å². The molecule has 0 aliphatic carbocycles. The smallest absolute Gasteiger partial charge is 0.211 e. The minimum Gasteiger partial charge on any atom is -0.211 e. The third kappa shape index (κ3) is 2.41. The molecule has 0 amide bonds. The van der Waals surface area contributed by atoms with Gasteiger partial charge in [-0.1, -0.05) is 31.5 Å². The summed E-state index contributed by atoms with van der Waals surface area (Å²) in [4.78, 5) is 13.5. The predicted molar refractivity (Wildman–Crippen MR) is 53.3 cm³/mol. The first-order valence-electron chi connectivity index (χ1n) is 4.02. The Hall–Kier alpha value is -1.11. The third-order valence-electron chi connectivity index (χ3n) is 1.80. The molecule has 0 saturated carbocycles. The molecule has 0 aliphatic rings. The fourth-order valence-electron chi connectivity index (χ4n) is 1.02. The van der Waals surface area contributed by atoms with Crippen LogP contribution in [-0.2, 0) is 4.79 Å². The van der Waals surface area contributed by atoms with Crippen molar-refractivity contribution in [1.82, 2.24) is 0 Å². The third-order valence-corrected chi connectivity index (χ3v) is 2.11. The summed E-state index contributed by atoms with van der Waals surface area (Å²) in [6.45, 7) is 4.16. The molecule has 1 aromatic rings. The second-order valence-electron chi connectivity index (χ2n) is 3.07. The quantitative estimate of drug-likeness (QED) is 0.525. The lowest BCUT2D eigenvalue weighted by Crippen LogP contribution is -1.85. The molecule has 0 bridgehead atoms. The van der Waals surface area contributed by atoms with Gasteiger partial charge in [0.2, 0.25) is 6.08 Å². The van der Waals surface area contributed by atoms with E-state index in [1.807, 2.05) is 12.1 Å². The van der Waals surface area contributed by atoms with Crippen LogP contribution in [0.4, 0.5) is 5.69 Å². The van der Waals surface area contributed by atoms with E-state index in [0.717, 1.165) is 5.56 Å². The highest BCUT2D eigenvalue weighted by Crippen LogP contribution is 2.28. The van der Waals surface area contributed by atoms with E-state index in [1.54, 1.807) is 6.07 Å². The van der Waals surface area contributed by atoms with E-state index in [-0.39, 0.29) is 0 Å². The second kappa shape index (κ2) is 4.22. The summed E-state index contributed by atoms with van der Waals surface area (Å²) >= 11 is 5.88. The van der Waals surface area contributed by atoms with Crippen molar-refractivity contribution < 1.29 is 4.79 Å². The van der Waals surface area contributed by atoms with Gasteiger partial charge in [0.1, 0.15) is 0 Å². The molecule has 0 fully saturated rings. The fourth-order valence-corrected chi connectivity index (χ4v) is 1.25. The highest BCUT2D eigenvalue weighted by atomic mass is 35.5. The molecule has 3 heteroatoms. The maximum Gasteiger partial charge on any atom is 0.240 e. The molecular formula is C10H10ClNO. The standard InChI is InChI=1S/C10H10ClNO/c1-7(2)8-3-4-10(12-6-13)9(11)5-8/h3-5,7H,1-2H3. The molecule has 0 radical (unpaired) electrons. The van der Waals surface area contributed by atoms with Gasteiger partial charge in [-0.05, 0) is 23.6 Å². The number of isocyanates is 1. The zero-order valence-corrected chi connectivity index (χ0v) is 8.30. The van der Waals surface area contributed by atoms with Crippen molar-refractivity contribution in [2.75, 3.05) is 0 Å². The van der Waals surface area contributed by atoms with Gasteiger partial charge in [0.05, 0.1) is 10.7 Å². The Bertz CT molecular complexity index is 354. The zero-order valence-electron chi connectivity index (χ0n) is 7.54. The highest BCUT2D eigenvalue weighted by Gasteiger charge is 2.03. The Morgan fingerprint density at radius 1 is 1.46 bits per heavy atom. The van der Waals surface area contributed by atoms with Crippen LogP contribution in [0.15, 0.2) is 23.2 Å². The lowest BCUT2D eigenvalue weighted by Gasteiger charge is -2.05. The number of hydrogen-bond donors (Lipinski definition) is 0. The number of carbonyl (C=O) groups excluding carboxylic acids is 1. The lowest BCUT2D eigenvalue weighted by atomic mass is 10.0. The molecule has 2 nitrogen and oxygen atoms in total. The molecule has 0 N–H and O–H groups in total. The van der Waals surface area contributed by atoms with Crippen molar-refractivity contribution >= 4 is 23.4 Å². The van der Waals surface area contributed by atoms with Crippen molar-refractivity contribution in [3.63, 3.8) is 0 Å². The van der Waals surface area contributed by atoms with E-state index in [0.29, 0.717) is 16.6 Å². The molecule has 0 atom stereocenters. The average molecular weight is 196 g/mol.